The van der Waals surface area contributed by atoms with Crippen molar-refractivity contribution in [3.8, 4) is 0 Å². The van der Waals surface area contributed by atoms with Crippen molar-refractivity contribution in [3.63, 3.8) is 0 Å². The molecule has 1 aliphatic carbocycles. The van der Waals surface area contributed by atoms with E-state index in [-0.39, 0.29) is 12.5 Å². The second kappa shape index (κ2) is 10.4. The van der Waals surface area contributed by atoms with Crippen molar-refractivity contribution < 1.29 is 14.4 Å². The van der Waals surface area contributed by atoms with E-state index in [1.807, 2.05) is 62.1 Å². The van der Waals surface area contributed by atoms with Crippen molar-refractivity contribution in [2.24, 2.45) is 16.8 Å². The van der Waals surface area contributed by atoms with Crippen molar-refractivity contribution in [3.05, 3.63) is 59.2 Å². The molecule has 6 rings (SSSR count). The summed E-state index contributed by atoms with van der Waals surface area (Å²) in [4.78, 5) is 48.4. The van der Waals surface area contributed by atoms with E-state index in [0.717, 1.165) is 29.8 Å². The van der Waals surface area contributed by atoms with Crippen LogP contribution in [0.4, 0.5) is 16.2 Å². The number of para-hydroxylation sites is 1. The first-order valence-electron chi connectivity index (χ1n) is 13.2. The highest BCUT2D eigenvalue weighted by atomic mass is 16.2. The van der Waals surface area contributed by atoms with Gasteiger partial charge in [-0.05, 0) is 81.5 Å². The Labute approximate surface area is 218 Å². The van der Waals surface area contributed by atoms with E-state index < -0.39 is 18.1 Å². The Kier molecular flexibility index (Phi) is 7.00. The molecule has 3 heterocycles. The van der Waals surface area contributed by atoms with Gasteiger partial charge in [0, 0.05) is 30.1 Å². The number of fused-ring (bicyclic) bond motifs is 5. The normalized spacial score (nSPS) is 23.1. The number of rotatable bonds is 4. The topological polar surface area (TPSA) is 94.1 Å². The first kappa shape index (κ1) is 25.0. The average Bonchev–Trinajstić information content (AvgIpc) is 3.24. The molecule has 1 atom stereocenters. The molecule has 8 nitrogen and oxygen atoms in total. The first-order valence-corrected chi connectivity index (χ1v) is 13.2. The molecule has 2 bridgehead atoms. The van der Waals surface area contributed by atoms with Crippen LogP contribution in [0.25, 0.3) is 0 Å². The SMILES string of the molecule is CC1=N[C@@H](NC(=O)Nc2cccc(C)c2)C(=O)N(CC(=O)N2CC3CCC(CC3)C2)c2c(C)cccc21. The predicted octanol–water partition coefficient (Wildman–Crippen LogP) is 4.26. The molecule has 3 aliphatic heterocycles. The smallest absolute Gasteiger partial charge is 0.321 e. The van der Waals surface area contributed by atoms with Crippen LogP contribution >= 0.6 is 0 Å². The van der Waals surface area contributed by atoms with Crippen LogP contribution in [0.3, 0.4) is 0 Å². The van der Waals surface area contributed by atoms with Crippen molar-refractivity contribution >= 4 is 34.9 Å². The summed E-state index contributed by atoms with van der Waals surface area (Å²) in [5.74, 6) is 0.616. The van der Waals surface area contributed by atoms with Crippen molar-refractivity contribution in [1.29, 1.82) is 0 Å². The zero-order chi connectivity index (χ0) is 26.1. The maximum Gasteiger partial charge on any atom is 0.321 e. The molecule has 0 aromatic heterocycles. The minimum Gasteiger partial charge on any atom is -0.341 e. The third-order valence-corrected chi connectivity index (χ3v) is 7.83. The van der Waals surface area contributed by atoms with Gasteiger partial charge in [0.05, 0.1) is 5.69 Å². The predicted molar refractivity (Wildman–Crippen MR) is 145 cm³/mol. The minimum atomic E-state index is -1.15. The number of benzodiazepines with no additional fused rings is 1. The first-order chi connectivity index (χ1) is 17.8. The molecule has 4 aliphatic rings. The molecule has 8 heteroatoms. The summed E-state index contributed by atoms with van der Waals surface area (Å²) >= 11 is 0. The Morgan fingerprint density at radius 3 is 2.32 bits per heavy atom. The van der Waals surface area contributed by atoms with Gasteiger partial charge in [0.1, 0.15) is 6.54 Å². The summed E-state index contributed by atoms with van der Waals surface area (Å²) in [7, 11) is 0. The average molecular weight is 502 g/mol. The van der Waals surface area contributed by atoms with Gasteiger partial charge in [0.2, 0.25) is 12.1 Å². The summed E-state index contributed by atoms with van der Waals surface area (Å²) < 4.78 is 0. The van der Waals surface area contributed by atoms with E-state index in [1.54, 1.807) is 6.07 Å². The number of amides is 4. The van der Waals surface area contributed by atoms with E-state index >= 15 is 0 Å². The van der Waals surface area contributed by atoms with E-state index in [0.29, 0.717) is 28.9 Å². The standard InChI is InChI=1S/C29H35N5O3/c1-18-6-4-8-23(14-18)31-29(37)32-27-28(36)34(26-19(2)7-5-9-24(26)20(3)30-27)17-25(35)33-15-21-10-11-22(16-33)13-12-21/h4-9,14,21-22,27H,10-13,15-17H2,1-3H3,(H2,31,32,37)/t21?,22?,27-/m0/s1. The van der Waals surface area contributed by atoms with Gasteiger partial charge < -0.3 is 15.5 Å². The largest absolute Gasteiger partial charge is 0.341 e. The van der Waals surface area contributed by atoms with E-state index in [2.05, 4.69) is 15.6 Å². The van der Waals surface area contributed by atoms with Crippen LogP contribution in [0, 0.1) is 25.7 Å². The van der Waals surface area contributed by atoms with Gasteiger partial charge in [-0.15, -0.1) is 0 Å². The van der Waals surface area contributed by atoms with Crippen LogP contribution in [-0.2, 0) is 9.59 Å². The van der Waals surface area contributed by atoms with E-state index in [9.17, 15) is 14.4 Å². The Hall–Kier alpha value is -3.68. The number of urea groups is 1. The molecule has 1 saturated carbocycles. The fourth-order valence-electron chi connectivity index (χ4n) is 5.88. The monoisotopic (exact) mass is 501 g/mol. The van der Waals surface area contributed by atoms with Crippen molar-refractivity contribution in [1.82, 2.24) is 10.2 Å². The number of carbonyl (C=O) groups excluding carboxylic acids is 3. The van der Waals surface area contributed by atoms with E-state index in [1.165, 1.54) is 30.6 Å². The van der Waals surface area contributed by atoms with Crippen LogP contribution in [0.1, 0.15) is 49.3 Å². The molecule has 3 fully saturated rings. The van der Waals surface area contributed by atoms with Gasteiger partial charge in [-0.3, -0.25) is 19.5 Å². The third kappa shape index (κ3) is 5.38. The Bertz CT molecular complexity index is 1230. The number of hydrogen-bond donors (Lipinski definition) is 2. The highest BCUT2D eigenvalue weighted by molar-refractivity contribution is 6.14. The van der Waals surface area contributed by atoms with Gasteiger partial charge >= 0.3 is 6.03 Å². The number of benzene rings is 2. The molecule has 2 aromatic carbocycles. The zero-order valence-electron chi connectivity index (χ0n) is 21.8. The molecular weight excluding hydrogens is 466 g/mol. The lowest BCUT2D eigenvalue weighted by atomic mass is 9.84. The molecule has 0 radical (unpaired) electrons. The molecule has 4 amide bonds. The minimum absolute atomic E-state index is 0.0520. The Balaban J connectivity index is 1.40. The lowest BCUT2D eigenvalue weighted by Crippen LogP contribution is -2.52. The molecule has 2 aromatic rings. The van der Waals surface area contributed by atoms with Crippen LogP contribution in [-0.4, -0.2) is 54.3 Å². The van der Waals surface area contributed by atoms with Gasteiger partial charge in [0.25, 0.3) is 5.91 Å². The second-order valence-electron chi connectivity index (χ2n) is 10.7. The van der Waals surface area contributed by atoms with E-state index in [4.69, 9.17) is 0 Å². The summed E-state index contributed by atoms with van der Waals surface area (Å²) in [5, 5.41) is 5.51. The number of aryl methyl sites for hydroxylation is 2. The van der Waals surface area contributed by atoms with Crippen LogP contribution < -0.4 is 15.5 Å². The van der Waals surface area contributed by atoms with Gasteiger partial charge in [-0.1, -0.05) is 30.3 Å². The summed E-state index contributed by atoms with van der Waals surface area (Å²) in [6.07, 6.45) is 3.55. The number of aliphatic imine (C=N–C) groups is 1. The zero-order valence-corrected chi connectivity index (χ0v) is 21.8. The summed E-state index contributed by atoms with van der Waals surface area (Å²) in [5.41, 5.74) is 4.63. The third-order valence-electron chi connectivity index (χ3n) is 7.83. The molecule has 2 saturated heterocycles. The van der Waals surface area contributed by atoms with Gasteiger partial charge in [-0.2, -0.15) is 0 Å². The number of hydrogen-bond acceptors (Lipinski definition) is 4. The maximum atomic E-state index is 13.9. The Morgan fingerprint density at radius 2 is 1.65 bits per heavy atom. The molecular formula is C29H35N5O3. The second-order valence-corrected chi connectivity index (χ2v) is 10.7. The van der Waals surface area contributed by atoms with Crippen molar-refractivity contribution in [2.45, 2.75) is 52.6 Å². The fraction of sp³-hybridized carbons (Fsp3) is 0.448. The molecule has 37 heavy (non-hydrogen) atoms. The van der Waals surface area contributed by atoms with Gasteiger partial charge in [0.15, 0.2) is 0 Å². The Morgan fingerprint density at radius 1 is 0.973 bits per heavy atom. The molecule has 0 unspecified atom stereocenters. The maximum absolute atomic E-state index is 13.9. The highest BCUT2D eigenvalue weighted by Gasteiger charge is 2.37. The lowest BCUT2D eigenvalue weighted by molar-refractivity contribution is -0.132. The molecule has 0 spiro atoms. The van der Waals surface area contributed by atoms with Crippen LogP contribution in [0.15, 0.2) is 47.5 Å². The van der Waals surface area contributed by atoms with Crippen LogP contribution in [0.5, 0.6) is 0 Å². The quantitative estimate of drug-likeness (QED) is 0.656. The fourth-order valence-corrected chi connectivity index (χ4v) is 5.88. The number of nitrogens with one attached hydrogen (secondary N) is 2. The molecule has 2 N–H and O–H groups in total. The highest BCUT2D eigenvalue weighted by Crippen LogP contribution is 2.34. The number of anilines is 2. The number of carbonyl (C=O) groups is 3. The lowest BCUT2D eigenvalue weighted by Gasteiger charge is -2.30. The summed E-state index contributed by atoms with van der Waals surface area (Å²) in [6, 6.07) is 12.7. The van der Waals surface area contributed by atoms with Gasteiger partial charge in [-0.25, -0.2) is 4.79 Å². The molecule has 194 valence electrons. The number of nitrogens with zero attached hydrogens (tertiary/aromatic N) is 3. The van der Waals surface area contributed by atoms with Crippen LogP contribution in [0.2, 0.25) is 0 Å². The summed E-state index contributed by atoms with van der Waals surface area (Å²) in [6.45, 7) is 7.15. The van der Waals surface area contributed by atoms with Crippen molar-refractivity contribution in [2.75, 3.05) is 29.9 Å².